The van der Waals surface area contributed by atoms with Gasteiger partial charge in [0.05, 0.1) is 10.9 Å². The van der Waals surface area contributed by atoms with Gasteiger partial charge in [0.2, 0.25) is 0 Å². The van der Waals surface area contributed by atoms with Crippen molar-refractivity contribution < 1.29 is 4.79 Å². The monoisotopic (exact) mass is 415 g/mol. The molecule has 0 radical (unpaired) electrons. The smallest absolute Gasteiger partial charge is 0.144 e. The molecule has 2 heteroatoms. The van der Waals surface area contributed by atoms with Gasteiger partial charge in [-0.15, -0.1) is 0 Å². The van der Waals surface area contributed by atoms with E-state index in [1.807, 2.05) is 12.3 Å². The lowest BCUT2D eigenvalue weighted by Crippen LogP contribution is -2.41. The summed E-state index contributed by atoms with van der Waals surface area (Å²) in [6.07, 6.45) is 4.81. The summed E-state index contributed by atoms with van der Waals surface area (Å²) in [6.45, 7) is 2.17. The Balaban J connectivity index is 1.54. The molecule has 1 aliphatic carbocycles. The predicted molar refractivity (Wildman–Crippen MR) is 132 cm³/mol. The van der Waals surface area contributed by atoms with E-state index in [-0.39, 0.29) is 0 Å². The number of hydrogen-bond acceptors (Lipinski definition) is 2. The van der Waals surface area contributed by atoms with E-state index < -0.39 is 5.41 Å². The fraction of sp³-hybridized carbons (Fsp3) is 0.200. The molecule has 0 saturated heterocycles. The number of ketones is 1. The maximum atomic E-state index is 13.5. The maximum absolute atomic E-state index is 13.5. The Hall–Kier alpha value is -3.52. The van der Waals surface area contributed by atoms with Crippen molar-refractivity contribution in [1.82, 2.24) is 4.98 Å². The summed E-state index contributed by atoms with van der Waals surface area (Å²) >= 11 is 0. The number of rotatable bonds is 3. The highest BCUT2D eigenvalue weighted by molar-refractivity contribution is 6.10. The zero-order valence-electron chi connectivity index (χ0n) is 18.3. The average Bonchev–Trinajstić information content (AvgIpc) is 2.85. The minimum absolute atomic E-state index is 0.374. The molecule has 5 aromatic rings. The van der Waals surface area contributed by atoms with Crippen molar-refractivity contribution in [3.05, 3.63) is 102 Å². The van der Waals surface area contributed by atoms with E-state index >= 15 is 0 Å². The third kappa shape index (κ3) is 2.79. The standard InChI is InChI=1S/C30H25NO/c1-2-30(19-20-9-15-28-22(18-20)7-5-17-31-28)27-14-12-24-23-8-4-3-6-21(23)10-11-25(24)26(27)13-16-29(30)32/h3-12,14-15,17-18H,2,13,16,19H2,1H3. The highest BCUT2D eigenvalue weighted by atomic mass is 16.1. The topological polar surface area (TPSA) is 30.0 Å². The first-order valence-corrected chi connectivity index (χ1v) is 11.5. The van der Waals surface area contributed by atoms with Crippen molar-refractivity contribution in [3.63, 3.8) is 0 Å². The van der Waals surface area contributed by atoms with Crippen LogP contribution in [0.5, 0.6) is 0 Å². The minimum atomic E-state index is -0.469. The van der Waals surface area contributed by atoms with E-state index in [1.165, 1.54) is 38.2 Å². The molecule has 1 heterocycles. The van der Waals surface area contributed by atoms with Crippen LogP contribution in [0.2, 0.25) is 0 Å². The van der Waals surface area contributed by atoms with Crippen LogP contribution in [0.4, 0.5) is 0 Å². The third-order valence-corrected chi connectivity index (χ3v) is 7.47. The zero-order valence-corrected chi connectivity index (χ0v) is 18.3. The molecule has 0 spiro atoms. The molecule has 32 heavy (non-hydrogen) atoms. The van der Waals surface area contributed by atoms with Crippen LogP contribution >= 0.6 is 0 Å². The summed E-state index contributed by atoms with van der Waals surface area (Å²) in [5.41, 5.74) is 4.31. The fourth-order valence-electron chi connectivity index (χ4n) is 5.79. The first kappa shape index (κ1) is 19.2. The number of aryl methyl sites for hydroxylation is 1. The molecule has 1 atom stereocenters. The van der Waals surface area contributed by atoms with Crippen molar-refractivity contribution in [2.24, 2.45) is 0 Å². The molecular weight excluding hydrogens is 390 g/mol. The number of fused-ring (bicyclic) bond motifs is 6. The normalized spacial score (nSPS) is 18.3. The molecule has 1 aromatic heterocycles. The second-order valence-corrected chi connectivity index (χ2v) is 9.04. The molecule has 2 nitrogen and oxygen atoms in total. The Bertz CT molecular complexity index is 1520. The van der Waals surface area contributed by atoms with Crippen LogP contribution in [0.3, 0.4) is 0 Å². The van der Waals surface area contributed by atoms with Crippen molar-refractivity contribution in [2.75, 3.05) is 0 Å². The van der Waals surface area contributed by atoms with Crippen LogP contribution in [-0.4, -0.2) is 10.8 Å². The summed E-state index contributed by atoms with van der Waals surface area (Å²) in [5, 5.41) is 6.27. The largest absolute Gasteiger partial charge is 0.299 e. The lowest BCUT2D eigenvalue weighted by molar-refractivity contribution is -0.125. The average molecular weight is 416 g/mol. The third-order valence-electron chi connectivity index (χ3n) is 7.47. The Morgan fingerprint density at radius 3 is 2.56 bits per heavy atom. The highest BCUT2D eigenvalue weighted by Crippen LogP contribution is 2.44. The lowest BCUT2D eigenvalue weighted by atomic mass is 9.63. The van der Waals surface area contributed by atoms with E-state index in [4.69, 9.17) is 0 Å². The number of carbonyl (C=O) groups is 1. The molecular formula is C30H25NO. The molecule has 156 valence electrons. The van der Waals surface area contributed by atoms with Crippen LogP contribution in [0, 0.1) is 0 Å². The van der Waals surface area contributed by atoms with Gasteiger partial charge < -0.3 is 0 Å². The summed E-state index contributed by atoms with van der Waals surface area (Å²) in [4.78, 5) is 18.0. The molecule has 4 aromatic carbocycles. The first-order valence-electron chi connectivity index (χ1n) is 11.5. The van der Waals surface area contributed by atoms with Crippen LogP contribution in [0.15, 0.2) is 85.1 Å². The van der Waals surface area contributed by atoms with Crippen LogP contribution < -0.4 is 0 Å². The first-order chi connectivity index (χ1) is 15.7. The number of benzene rings is 4. The molecule has 0 aliphatic heterocycles. The molecule has 0 N–H and O–H groups in total. The van der Waals surface area contributed by atoms with Crippen LogP contribution in [0.25, 0.3) is 32.4 Å². The van der Waals surface area contributed by atoms with Gasteiger partial charge in [-0.1, -0.05) is 67.6 Å². The van der Waals surface area contributed by atoms with Gasteiger partial charge in [-0.2, -0.15) is 0 Å². The van der Waals surface area contributed by atoms with Crippen molar-refractivity contribution in [3.8, 4) is 0 Å². The van der Waals surface area contributed by atoms with Crippen molar-refractivity contribution in [1.29, 1.82) is 0 Å². The van der Waals surface area contributed by atoms with Crippen molar-refractivity contribution in [2.45, 2.75) is 38.0 Å². The van der Waals surface area contributed by atoms with Gasteiger partial charge in [0, 0.05) is 18.0 Å². The van der Waals surface area contributed by atoms with Crippen LogP contribution in [-0.2, 0) is 23.1 Å². The SMILES string of the molecule is CCC1(Cc2ccc3ncccc3c2)C(=O)CCc2c1ccc1c2ccc2ccccc21. The fourth-order valence-corrected chi connectivity index (χ4v) is 5.79. The molecule has 1 unspecified atom stereocenters. The number of nitrogens with zero attached hydrogens (tertiary/aromatic N) is 1. The summed E-state index contributed by atoms with van der Waals surface area (Å²) in [5.74, 6) is 0.374. The molecule has 0 amide bonds. The molecule has 6 rings (SSSR count). The van der Waals surface area contributed by atoms with E-state index in [2.05, 4.69) is 84.7 Å². The molecule has 0 fully saturated rings. The Morgan fingerprint density at radius 2 is 1.66 bits per heavy atom. The van der Waals surface area contributed by atoms with Gasteiger partial charge in [-0.3, -0.25) is 9.78 Å². The molecule has 1 aliphatic rings. The van der Waals surface area contributed by atoms with E-state index in [1.54, 1.807) is 0 Å². The lowest BCUT2D eigenvalue weighted by Gasteiger charge is -2.38. The number of pyridine rings is 1. The van der Waals surface area contributed by atoms with E-state index in [9.17, 15) is 4.79 Å². The maximum Gasteiger partial charge on any atom is 0.144 e. The number of carbonyl (C=O) groups excluding carboxylic acids is 1. The van der Waals surface area contributed by atoms with Gasteiger partial charge in [0.15, 0.2) is 0 Å². The van der Waals surface area contributed by atoms with Gasteiger partial charge >= 0.3 is 0 Å². The van der Waals surface area contributed by atoms with Crippen LogP contribution in [0.1, 0.15) is 36.5 Å². The summed E-state index contributed by atoms with van der Waals surface area (Å²) in [6, 6.07) is 28.0. The summed E-state index contributed by atoms with van der Waals surface area (Å²) in [7, 11) is 0. The van der Waals surface area contributed by atoms with E-state index in [0.717, 1.165) is 30.2 Å². The quantitative estimate of drug-likeness (QED) is 0.299. The number of aromatic nitrogens is 1. The van der Waals surface area contributed by atoms with E-state index in [0.29, 0.717) is 12.2 Å². The molecule has 0 saturated carbocycles. The number of Topliss-reactive ketones (excluding diaryl/α,β-unsaturated/α-hetero) is 1. The Labute approximate surface area is 187 Å². The van der Waals surface area contributed by atoms with Gasteiger partial charge in [-0.05, 0) is 75.7 Å². The predicted octanol–water partition coefficient (Wildman–Crippen LogP) is 6.95. The van der Waals surface area contributed by atoms with Gasteiger partial charge in [0.1, 0.15) is 5.78 Å². The Morgan fingerprint density at radius 1 is 0.812 bits per heavy atom. The van der Waals surface area contributed by atoms with Gasteiger partial charge in [-0.25, -0.2) is 0 Å². The zero-order chi connectivity index (χ0) is 21.7. The second-order valence-electron chi connectivity index (χ2n) is 9.04. The molecule has 0 bridgehead atoms. The van der Waals surface area contributed by atoms with Gasteiger partial charge in [0.25, 0.3) is 0 Å². The summed E-state index contributed by atoms with van der Waals surface area (Å²) < 4.78 is 0. The van der Waals surface area contributed by atoms with Crippen molar-refractivity contribution >= 4 is 38.2 Å². The second kappa shape index (κ2) is 7.27. The Kier molecular flexibility index (Phi) is 4.36. The minimum Gasteiger partial charge on any atom is -0.299 e. The highest BCUT2D eigenvalue weighted by Gasteiger charge is 2.42. The number of hydrogen-bond donors (Lipinski definition) is 0.